The maximum absolute atomic E-state index is 14.0. The van der Waals surface area contributed by atoms with E-state index in [9.17, 15) is 4.39 Å². The third-order valence-electron chi connectivity index (χ3n) is 6.86. The number of likely N-dealkylation sites (tertiary alicyclic amines) is 1. The molecule has 5 heterocycles. The lowest BCUT2D eigenvalue weighted by molar-refractivity contribution is 0.122. The molecule has 0 bridgehead atoms. The largest absolute Gasteiger partial charge is 0.378 e. The Morgan fingerprint density at radius 2 is 1.83 bits per heavy atom. The lowest BCUT2D eigenvalue weighted by atomic mass is 10.0. The van der Waals surface area contributed by atoms with Crippen molar-refractivity contribution < 1.29 is 9.13 Å². The van der Waals surface area contributed by atoms with Gasteiger partial charge in [0.2, 0.25) is 0 Å². The predicted octanol–water partition coefficient (Wildman–Crippen LogP) is 3.70. The highest BCUT2D eigenvalue weighted by atomic mass is 19.1. The van der Waals surface area contributed by atoms with Crippen LogP contribution < -0.4 is 4.90 Å². The van der Waals surface area contributed by atoms with Gasteiger partial charge in [0, 0.05) is 50.7 Å². The number of hydrogen-bond donors (Lipinski definition) is 0. The van der Waals surface area contributed by atoms with E-state index in [1.807, 2.05) is 30.7 Å². The molecule has 0 unspecified atom stereocenters. The second kappa shape index (κ2) is 9.67. The highest BCUT2D eigenvalue weighted by Crippen LogP contribution is 2.32. The maximum Gasteiger partial charge on any atom is 0.164 e. The fraction of sp³-hybridized carbons (Fsp3) is 0.385. The summed E-state index contributed by atoms with van der Waals surface area (Å²) in [7, 11) is 0. The Morgan fingerprint density at radius 3 is 2.60 bits per heavy atom. The minimum atomic E-state index is -0.298. The molecule has 35 heavy (non-hydrogen) atoms. The van der Waals surface area contributed by atoms with Crippen molar-refractivity contribution in [3.63, 3.8) is 0 Å². The van der Waals surface area contributed by atoms with Gasteiger partial charge in [0.25, 0.3) is 0 Å². The summed E-state index contributed by atoms with van der Waals surface area (Å²) in [6, 6.07) is 10.8. The van der Waals surface area contributed by atoms with Crippen molar-refractivity contribution in [2.24, 2.45) is 0 Å². The third kappa shape index (κ3) is 4.61. The summed E-state index contributed by atoms with van der Waals surface area (Å²) in [5, 5.41) is 5.72. The van der Waals surface area contributed by atoms with Gasteiger partial charge in [0.1, 0.15) is 11.6 Å². The van der Waals surface area contributed by atoms with Crippen LogP contribution in [0.5, 0.6) is 0 Å². The van der Waals surface area contributed by atoms with Crippen LogP contribution >= 0.6 is 0 Å². The first-order chi connectivity index (χ1) is 17.2. The standard InChI is InChI=1S/C26H28FN7O/c27-21-5-1-4-20(15-21)24-30-25(33-11-13-35-14-12-33)23-17-29-34(26(23)31-24)22-6-9-32(10-7-22)18-19-3-2-8-28-16-19/h1-5,8,15-17,22H,6-7,9-14,18H2. The van der Waals surface area contributed by atoms with E-state index in [4.69, 9.17) is 19.8 Å². The van der Waals surface area contributed by atoms with Crippen LogP contribution in [-0.4, -0.2) is 69.0 Å². The lowest BCUT2D eigenvalue weighted by Crippen LogP contribution is -2.37. The highest BCUT2D eigenvalue weighted by Gasteiger charge is 2.26. The van der Waals surface area contributed by atoms with Gasteiger partial charge in [-0.15, -0.1) is 0 Å². The van der Waals surface area contributed by atoms with Gasteiger partial charge >= 0.3 is 0 Å². The van der Waals surface area contributed by atoms with Crippen LogP contribution in [0, 0.1) is 5.82 Å². The minimum absolute atomic E-state index is 0.255. The molecule has 0 spiro atoms. The molecule has 4 aromatic rings. The molecule has 2 aliphatic heterocycles. The van der Waals surface area contributed by atoms with Crippen molar-refractivity contribution in [1.82, 2.24) is 29.6 Å². The van der Waals surface area contributed by atoms with Crippen molar-refractivity contribution in [2.45, 2.75) is 25.4 Å². The van der Waals surface area contributed by atoms with Crippen LogP contribution in [0.2, 0.25) is 0 Å². The Balaban J connectivity index is 1.31. The molecule has 3 aromatic heterocycles. The molecule has 2 saturated heterocycles. The molecule has 6 rings (SSSR count). The number of piperidine rings is 1. The van der Waals surface area contributed by atoms with Gasteiger partial charge in [-0.25, -0.2) is 19.0 Å². The first-order valence-electron chi connectivity index (χ1n) is 12.2. The Labute approximate surface area is 203 Å². The Morgan fingerprint density at radius 1 is 0.971 bits per heavy atom. The smallest absolute Gasteiger partial charge is 0.164 e. The second-order valence-electron chi connectivity index (χ2n) is 9.18. The predicted molar refractivity (Wildman–Crippen MR) is 132 cm³/mol. The summed E-state index contributed by atoms with van der Waals surface area (Å²) < 4.78 is 21.6. The molecule has 0 amide bonds. The summed E-state index contributed by atoms with van der Waals surface area (Å²) in [5.74, 6) is 1.07. The molecule has 1 aromatic carbocycles. The maximum atomic E-state index is 14.0. The highest BCUT2D eigenvalue weighted by molar-refractivity contribution is 5.89. The molecule has 0 radical (unpaired) electrons. The molecule has 9 heteroatoms. The normalized spacial score (nSPS) is 17.8. The van der Waals surface area contributed by atoms with Crippen molar-refractivity contribution in [3.05, 3.63) is 66.4 Å². The van der Waals surface area contributed by atoms with Crippen LogP contribution in [-0.2, 0) is 11.3 Å². The number of pyridine rings is 1. The van der Waals surface area contributed by atoms with E-state index in [2.05, 4.69) is 25.5 Å². The average molecular weight is 474 g/mol. The number of halogens is 1. The molecule has 0 aliphatic carbocycles. The van der Waals surface area contributed by atoms with Crippen molar-refractivity contribution >= 4 is 16.9 Å². The second-order valence-corrected chi connectivity index (χ2v) is 9.18. The van der Waals surface area contributed by atoms with Crippen molar-refractivity contribution in [3.8, 4) is 11.4 Å². The number of fused-ring (bicyclic) bond motifs is 1. The zero-order chi connectivity index (χ0) is 23.6. The molecule has 2 fully saturated rings. The number of nitrogens with zero attached hydrogens (tertiary/aromatic N) is 7. The molecule has 0 N–H and O–H groups in total. The van der Waals surface area contributed by atoms with E-state index in [1.54, 1.807) is 6.07 Å². The fourth-order valence-corrected chi connectivity index (χ4v) is 5.02. The summed E-state index contributed by atoms with van der Waals surface area (Å²) >= 11 is 0. The average Bonchev–Trinajstić information content (AvgIpc) is 3.34. The SMILES string of the molecule is Fc1cccc(-c2nc(N3CCOCC3)c3cnn(C4CCN(Cc5cccnc5)CC4)c3n2)c1. The minimum Gasteiger partial charge on any atom is -0.378 e. The zero-order valence-corrected chi connectivity index (χ0v) is 19.6. The first kappa shape index (κ1) is 22.1. The Kier molecular flexibility index (Phi) is 6.10. The molecule has 2 aliphatic rings. The van der Waals surface area contributed by atoms with Crippen LogP contribution in [0.4, 0.5) is 10.2 Å². The third-order valence-corrected chi connectivity index (χ3v) is 6.86. The van der Waals surface area contributed by atoms with Gasteiger partial charge in [-0.3, -0.25) is 9.88 Å². The molecule has 8 nitrogen and oxygen atoms in total. The van der Waals surface area contributed by atoms with E-state index in [1.165, 1.54) is 17.7 Å². The van der Waals surface area contributed by atoms with Gasteiger partial charge in [-0.2, -0.15) is 5.10 Å². The zero-order valence-electron chi connectivity index (χ0n) is 19.6. The molecule has 0 saturated carbocycles. The van der Waals surface area contributed by atoms with Gasteiger partial charge in [-0.1, -0.05) is 18.2 Å². The number of aromatic nitrogens is 5. The van der Waals surface area contributed by atoms with E-state index in [0.29, 0.717) is 24.6 Å². The summed E-state index contributed by atoms with van der Waals surface area (Å²) in [6.45, 7) is 5.71. The number of ether oxygens (including phenoxy) is 1. The number of rotatable bonds is 5. The van der Waals surface area contributed by atoms with E-state index >= 15 is 0 Å². The van der Waals surface area contributed by atoms with Crippen LogP contribution in [0.25, 0.3) is 22.4 Å². The van der Waals surface area contributed by atoms with Crippen LogP contribution in [0.3, 0.4) is 0 Å². The number of benzene rings is 1. The lowest BCUT2D eigenvalue weighted by Gasteiger charge is -2.32. The summed E-state index contributed by atoms with van der Waals surface area (Å²) in [6.07, 6.45) is 7.61. The van der Waals surface area contributed by atoms with Crippen LogP contribution in [0.15, 0.2) is 55.0 Å². The Hall–Kier alpha value is -3.43. The van der Waals surface area contributed by atoms with Crippen molar-refractivity contribution in [1.29, 1.82) is 0 Å². The quantitative estimate of drug-likeness (QED) is 0.438. The number of hydrogen-bond acceptors (Lipinski definition) is 7. The van der Waals surface area contributed by atoms with E-state index in [0.717, 1.165) is 62.4 Å². The monoisotopic (exact) mass is 473 g/mol. The van der Waals surface area contributed by atoms with Gasteiger partial charge < -0.3 is 9.64 Å². The molecular formula is C26H28FN7O. The summed E-state index contributed by atoms with van der Waals surface area (Å²) in [5.41, 5.74) is 2.71. The summed E-state index contributed by atoms with van der Waals surface area (Å²) in [4.78, 5) is 18.7. The molecule has 0 atom stereocenters. The molecule has 180 valence electrons. The fourth-order valence-electron chi connectivity index (χ4n) is 5.02. The Bertz CT molecular complexity index is 1300. The van der Waals surface area contributed by atoms with Crippen molar-refractivity contribution in [2.75, 3.05) is 44.3 Å². The van der Waals surface area contributed by atoms with E-state index < -0.39 is 0 Å². The van der Waals surface area contributed by atoms with E-state index in [-0.39, 0.29) is 11.9 Å². The first-order valence-corrected chi connectivity index (χ1v) is 12.2. The number of morpholine rings is 1. The molecular weight excluding hydrogens is 445 g/mol. The van der Waals surface area contributed by atoms with Crippen LogP contribution in [0.1, 0.15) is 24.4 Å². The number of anilines is 1. The topological polar surface area (TPSA) is 72.2 Å². The van der Waals surface area contributed by atoms with Gasteiger partial charge in [-0.05, 0) is 36.6 Å². The van der Waals surface area contributed by atoms with Gasteiger partial charge in [0.05, 0.1) is 30.8 Å². The van der Waals surface area contributed by atoms with Gasteiger partial charge in [0.15, 0.2) is 11.5 Å².